The average molecular weight is 235 g/mol. The van der Waals surface area contributed by atoms with Crippen molar-refractivity contribution in [2.75, 3.05) is 26.8 Å². The molecule has 1 fully saturated rings. The van der Waals surface area contributed by atoms with Crippen molar-refractivity contribution in [3.63, 3.8) is 0 Å². The average Bonchev–Trinajstić information content (AvgIpc) is 3.20. The number of nitrogens with two attached hydrogens (primary N) is 1. The molecule has 0 saturated heterocycles. The lowest BCUT2D eigenvalue weighted by Gasteiger charge is -2.30. The second-order valence-electron chi connectivity index (χ2n) is 4.47. The van der Waals surface area contributed by atoms with Gasteiger partial charge in [0.2, 0.25) is 0 Å². The Balaban J connectivity index is 2.08. The molecule has 4 heteroatoms. The highest BCUT2D eigenvalue weighted by atomic mass is 16.5. The van der Waals surface area contributed by atoms with Crippen molar-refractivity contribution in [1.29, 1.82) is 0 Å². The maximum Gasteiger partial charge on any atom is 0.0647 e. The van der Waals surface area contributed by atoms with Crippen molar-refractivity contribution in [2.45, 2.75) is 24.9 Å². The van der Waals surface area contributed by atoms with Crippen LogP contribution in [0.4, 0.5) is 0 Å². The van der Waals surface area contributed by atoms with Gasteiger partial charge in [0.1, 0.15) is 0 Å². The summed E-state index contributed by atoms with van der Waals surface area (Å²) in [5.41, 5.74) is 6.99. The first-order valence-electron chi connectivity index (χ1n) is 6.22. The van der Waals surface area contributed by atoms with Crippen molar-refractivity contribution < 1.29 is 4.74 Å². The molecule has 1 unspecified atom stereocenters. The van der Waals surface area contributed by atoms with Gasteiger partial charge in [-0.3, -0.25) is 9.88 Å². The quantitative estimate of drug-likeness (QED) is 0.771. The van der Waals surface area contributed by atoms with Crippen LogP contribution in [0.5, 0.6) is 0 Å². The Morgan fingerprint density at radius 2 is 2.35 bits per heavy atom. The molecule has 1 atom stereocenters. The molecule has 0 amide bonds. The summed E-state index contributed by atoms with van der Waals surface area (Å²) < 4.78 is 5.18. The van der Waals surface area contributed by atoms with Crippen LogP contribution in [0.1, 0.15) is 24.6 Å². The molecule has 0 aliphatic heterocycles. The maximum absolute atomic E-state index is 5.92. The Morgan fingerprint density at radius 1 is 1.53 bits per heavy atom. The topological polar surface area (TPSA) is 51.4 Å². The third-order valence-corrected chi connectivity index (χ3v) is 3.22. The fourth-order valence-electron chi connectivity index (χ4n) is 2.19. The number of nitrogens with zero attached hydrogens (tertiary/aromatic N) is 2. The van der Waals surface area contributed by atoms with Crippen LogP contribution in [-0.2, 0) is 4.74 Å². The summed E-state index contributed by atoms with van der Waals surface area (Å²) in [6, 6.07) is 6.90. The Morgan fingerprint density at radius 3 is 2.88 bits per heavy atom. The minimum absolute atomic E-state index is 0.221. The zero-order chi connectivity index (χ0) is 12.1. The summed E-state index contributed by atoms with van der Waals surface area (Å²) in [5, 5.41) is 0. The highest BCUT2D eigenvalue weighted by molar-refractivity contribution is 5.11. The van der Waals surface area contributed by atoms with E-state index < -0.39 is 0 Å². The molecule has 2 rings (SSSR count). The number of methoxy groups -OCH3 is 1. The number of aromatic nitrogens is 1. The maximum atomic E-state index is 5.92. The number of hydrogen-bond acceptors (Lipinski definition) is 4. The van der Waals surface area contributed by atoms with E-state index in [4.69, 9.17) is 10.5 Å². The van der Waals surface area contributed by atoms with Crippen molar-refractivity contribution in [1.82, 2.24) is 9.88 Å². The van der Waals surface area contributed by atoms with Crippen molar-refractivity contribution in [2.24, 2.45) is 5.73 Å². The van der Waals surface area contributed by atoms with Crippen LogP contribution in [-0.4, -0.2) is 42.7 Å². The van der Waals surface area contributed by atoms with Crippen LogP contribution < -0.4 is 5.73 Å². The van der Waals surface area contributed by atoms with E-state index in [1.807, 2.05) is 18.3 Å². The molecule has 0 spiro atoms. The standard InChI is InChI=1S/C13H21N3O/c1-17-9-8-16(11-5-6-11)13(10-14)12-4-2-3-7-15-12/h2-4,7,11,13H,5-6,8-10,14H2,1H3. The van der Waals surface area contributed by atoms with Crippen LogP contribution in [0.15, 0.2) is 24.4 Å². The van der Waals surface area contributed by atoms with Gasteiger partial charge in [-0.25, -0.2) is 0 Å². The Labute approximate surface area is 103 Å². The van der Waals surface area contributed by atoms with Gasteiger partial charge in [-0.05, 0) is 25.0 Å². The highest BCUT2D eigenvalue weighted by Gasteiger charge is 2.34. The second-order valence-corrected chi connectivity index (χ2v) is 4.47. The smallest absolute Gasteiger partial charge is 0.0647 e. The lowest BCUT2D eigenvalue weighted by Crippen LogP contribution is -2.38. The van der Waals surface area contributed by atoms with Crippen LogP contribution >= 0.6 is 0 Å². The number of ether oxygens (including phenoxy) is 1. The number of hydrogen-bond donors (Lipinski definition) is 1. The first-order valence-corrected chi connectivity index (χ1v) is 6.22. The molecule has 1 aliphatic carbocycles. The molecule has 0 aromatic carbocycles. The van der Waals surface area contributed by atoms with Gasteiger partial charge in [0.15, 0.2) is 0 Å². The van der Waals surface area contributed by atoms with Crippen LogP contribution in [0.3, 0.4) is 0 Å². The Bertz CT molecular complexity index is 327. The first-order chi connectivity index (χ1) is 8.36. The second kappa shape index (κ2) is 6.10. The predicted molar refractivity (Wildman–Crippen MR) is 67.6 cm³/mol. The van der Waals surface area contributed by atoms with Gasteiger partial charge in [-0.1, -0.05) is 6.07 Å². The van der Waals surface area contributed by atoms with Crippen molar-refractivity contribution >= 4 is 0 Å². The summed E-state index contributed by atoms with van der Waals surface area (Å²) in [6.45, 7) is 2.29. The zero-order valence-corrected chi connectivity index (χ0v) is 10.4. The van der Waals surface area contributed by atoms with E-state index >= 15 is 0 Å². The molecular weight excluding hydrogens is 214 g/mol. The van der Waals surface area contributed by atoms with Crippen LogP contribution in [0, 0.1) is 0 Å². The first kappa shape index (κ1) is 12.5. The monoisotopic (exact) mass is 235 g/mol. The molecular formula is C13H21N3O. The lowest BCUT2D eigenvalue weighted by atomic mass is 10.1. The summed E-state index contributed by atoms with van der Waals surface area (Å²) in [5.74, 6) is 0. The van der Waals surface area contributed by atoms with E-state index in [0.717, 1.165) is 18.8 Å². The summed E-state index contributed by atoms with van der Waals surface area (Å²) in [4.78, 5) is 6.86. The number of pyridine rings is 1. The largest absolute Gasteiger partial charge is 0.383 e. The van der Waals surface area contributed by atoms with E-state index in [2.05, 4.69) is 16.0 Å². The van der Waals surface area contributed by atoms with Gasteiger partial charge >= 0.3 is 0 Å². The molecule has 94 valence electrons. The summed E-state index contributed by atoms with van der Waals surface area (Å²) >= 11 is 0. The SMILES string of the molecule is COCCN(C1CC1)C(CN)c1ccccn1. The Kier molecular flexibility index (Phi) is 4.48. The van der Waals surface area contributed by atoms with Crippen molar-refractivity contribution in [3.8, 4) is 0 Å². The van der Waals surface area contributed by atoms with Gasteiger partial charge in [-0.2, -0.15) is 0 Å². The lowest BCUT2D eigenvalue weighted by molar-refractivity contribution is 0.114. The zero-order valence-electron chi connectivity index (χ0n) is 10.4. The molecule has 17 heavy (non-hydrogen) atoms. The van der Waals surface area contributed by atoms with E-state index in [9.17, 15) is 0 Å². The van der Waals surface area contributed by atoms with Crippen molar-refractivity contribution in [3.05, 3.63) is 30.1 Å². The summed E-state index contributed by atoms with van der Waals surface area (Å²) in [7, 11) is 1.74. The third-order valence-electron chi connectivity index (χ3n) is 3.22. The molecule has 1 aliphatic rings. The fourth-order valence-corrected chi connectivity index (χ4v) is 2.19. The fraction of sp³-hybridized carbons (Fsp3) is 0.615. The van der Waals surface area contributed by atoms with E-state index in [0.29, 0.717) is 12.6 Å². The summed E-state index contributed by atoms with van der Waals surface area (Å²) in [6.07, 6.45) is 4.37. The predicted octanol–water partition coefficient (Wildman–Crippen LogP) is 1.19. The normalized spacial score (nSPS) is 17.4. The molecule has 1 saturated carbocycles. The molecule has 0 bridgehead atoms. The Hall–Kier alpha value is -0.970. The van der Waals surface area contributed by atoms with E-state index in [1.165, 1.54) is 12.8 Å². The molecule has 1 heterocycles. The minimum atomic E-state index is 0.221. The van der Waals surface area contributed by atoms with E-state index in [1.54, 1.807) is 7.11 Å². The van der Waals surface area contributed by atoms with Gasteiger partial charge in [0.25, 0.3) is 0 Å². The number of rotatable bonds is 7. The third kappa shape index (κ3) is 3.25. The minimum Gasteiger partial charge on any atom is -0.383 e. The highest BCUT2D eigenvalue weighted by Crippen LogP contribution is 2.33. The van der Waals surface area contributed by atoms with Gasteiger partial charge < -0.3 is 10.5 Å². The van der Waals surface area contributed by atoms with Crippen LogP contribution in [0.25, 0.3) is 0 Å². The molecule has 0 radical (unpaired) electrons. The molecule has 1 aromatic rings. The molecule has 2 N–H and O–H groups in total. The van der Waals surface area contributed by atoms with Crippen LogP contribution in [0.2, 0.25) is 0 Å². The molecule has 4 nitrogen and oxygen atoms in total. The van der Waals surface area contributed by atoms with E-state index in [-0.39, 0.29) is 6.04 Å². The van der Waals surface area contributed by atoms with Gasteiger partial charge in [0.05, 0.1) is 18.3 Å². The molecule has 1 aromatic heterocycles. The van der Waals surface area contributed by atoms with Gasteiger partial charge in [-0.15, -0.1) is 0 Å². The van der Waals surface area contributed by atoms with Gasteiger partial charge in [0, 0.05) is 32.4 Å².